The molecule has 30 heavy (non-hydrogen) atoms. The second-order valence-electron chi connectivity index (χ2n) is 6.90. The van der Waals surface area contributed by atoms with Gasteiger partial charge in [0, 0.05) is 16.8 Å². The fourth-order valence-electron chi connectivity index (χ4n) is 2.88. The fourth-order valence-corrected chi connectivity index (χ4v) is 3.01. The first-order valence-electron chi connectivity index (χ1n) is 9.57. The molecule has 0 bridgehead atoms. The minimum atomic E-state index is -0.189. The summed E-state index contributed by atoms with van der Waals surface area (Å²) in [5.74, 6) is 1.04. The summed E-state index contributed by atoms with van der Waals surface area (Å²) in [6.07, 6.45) is 3.25. The minimum absolute atomic E-state index is 0.189. The molecule has 0 saturated carbocycles. The van der Waals surface area contributed by atoms with Crippen molar-refractivity contribution in [2.75, 3.05) is 12.4 Å². The second kappa shape index (κ2) is 9.99. The van der Waals surface area contributed by atoms with Crippen LogP contribution < -0.4 is 14.8 Å². The molecule has 0 aliphatic rings. The Labute approximate surface area is 182 Å². The Bertz CT molecular complexity index is 1060. The predicted molar refractivity (Wildman–Crippen MR) is 122 cm³/mol. The number of ether oxygens (including phenoxy) is 2. The number of hydrogen-bond acceptors (Lipinski definition) is 3. The van der Waals surface area contributed by atoms with Gasteiger partial charge < -0.3 is 14.8 Å². The Morgan fingerprint density at radius 2 is 1.80 bits per heavy atom. The largest absolute Gasteiger partial charge is 0.493 e. The van der Waals surface area contributed by atoms with Gasteiger partial charge in [0.15, 0.2) is 11.5 Å². The lowest BCUT2D eigenvalue weighted by atomic mass is 10.1. The van der Waals surface area contributed by atoms with Crippen molar-refractivity contribution in [1.82, 2.24) is 0 Å². The van der Waals surface area contributed by atoms with Crippen LogP contribution >= 0.6 is 11.6 Å². The van der Waals surface area contributed by atoms with Crippen LogP contribution in [0.2, 0.25) is 5.02 Å². The molecule has 3 aromatic rings. The van der Waals surface area contributed by atoms with Gasteiger partial charge in [0.2, 0.25) is 5.91 Å². The summed E-state index contributed by atoms with van der Waals surface area (Å²) in [4.78, 5) is 12.3. The summed E-state index contributed by atoms with van der Waals surface area (Å²) in [5.41, 5.74) is 4.85. The standard InChI is InChI=1S/C25H24ClNO3/c1-17-5-4-6-22(18(17)2)27-25(28)14-10-19-9-13-23(24(15-19)29-3)30-16-20-7-11-21(26)12-8-20/h4-15H,16H2,1-3H3,(H,27,28). The molecule has 3 rings (SSSR count). The van der Waals surface area contributed by atoms with Crippen molar-refractivity contribution < 1.29 is 14.3 Å². The van der Waals surface area contributed by atoms with E-state index in [-0.39, 0.29) is 5.91 Å². The first-order valence-corrected chi connectivity index (χ1v) is 9.94. The topological polar surface area (TPSA) is 47.6 Å². The van der Waals surface area contributed by atoms with E-state index < -0.39 is 0 Å². The van der Waals surface area contributed by atoms with Gasteiger partial charge in [-0.2, -0.15) is 0 Å². The van der Waals surface area contributed by atoms with Crippen LogP contribution in [0.5, 0.6) is 11.5 Å². The van der Waals surface area contributed by atoms with E-state index in [0.717, 1.165) is 27.9 Å². The van der Waals surface area contributed by atoms with Gasteiger partial charge in [0.05, 0.1) is 7.11 Å². The third kappa shape index (κ3) is 5.65. The summed E-state index contributed by atoms with van der Waals surface area (Å²) in [5, 5.41) is 3.60. The van der Waals surface area contributed by atoms with E-state index in [1.165, 1.54) is 6.08 Å². The van der Waals surface area contributed by atoms with Gasteiger partial charge >= 0.3 is 0 Å². The van der Waals surface area contributed by atoms with E-state index in [2.05, 4.69) is 5.32 Å². The molecule has 0 aliphatic heterocycles. The molecule has 0 fully saturated rings. The third-order valence-corrected chi connectivity index (χ3v) is 5.04. The highest BCUT2D eigenvalue weighted by Gasteiger charge is 2.07. The second-order valence-corrected chi connectivity index (χ2v) is 7.33. The van der Waals surface area contributed by atoms with E-state index in [4.69, 9.17) is 21.1 Å². The van der Waals surface area contributed by atoms with Crippen molar-refractivity contribution in [1.29, 1.82) is 0 Å². The summed E-state index contributed by atoms with van der Waals surface area (Å²) in [6.45, 7) is 4.41. The quantitative estimate of drug-likeness (QED) is 0.462. The number of methoxy groups -OCH3 is 1. The molecule has 4 nitrogen and oxygen atoms in total. The fraction of sp³-hybridized carbons (Fsp3) is 0.160. The van der Waals surface area contributed by atoms with Crippen LogP contribution in [0.25, 0.3) is 6.08 Å². The average molecular weight is 422 g/mol. The number of carbonyl (C=O) groups is 1. The number of halogens is 1. The number of aryl methyl sites for hydroxylation is 1. The van der Waals surface area contributed by atoms with E-state index in [0.29, 0.717) is 23.1 Å². The lowest BCUT2D eigenvalue weighted by molar-refractivity contribution is -0.111. The zero-order valence-electron chi connectivity index (χ0n) is 17.2. The molecule has 0 radical (unpaired) electrons. The highest BCUT2D eigenvalue weighted by molar-refractivity contribution is 6.30. The summed E-state index contributed by atoms with van der Waals surface area (Å²) >= 11 is 5.91. The highest BCUT2D eigenvalue weighted by atomic mass is 35.5. The minimum Gasteiger partial charge on any atom is -0.493 e. The van der Waals surface area contributed by atoms with Crippen LogP contribution in [-0.2, 0) is 11.4 Å². The van der Waals surface area contributed by atoms with E-state index in [1.54, 1.807) is 13.2 Å². The van der Waals surface area contributed by atoms with Crippen LogP contribution in [0.3, 0.4) is 0 Å². The predicted octanol–water partition coefficient (Wildman–Crippen LogP) is 6.20. The van der Waals surface area contributed by atoms with Crippen molar-refractivity contribution in [3.8, 4) is 11.5 Å². The zero-order valence-corrected chi connectivity index (χ0v) is 18.0. The number of carbonyl (C=O) groups excluding carboxylic acids is 1. The van der Waals surface area contributed by atoms with Crippen molar-refractivity contribution >= 4 is 29.3 Å². The van der Waals surface area contributed by atoms with Gasteiger partial charge in [-0.3, -0.25) is 4.79 Å². The van der Waals surface area contributed by atoms with Gasteiger partial charge in [-0.25, -0.2) is 0 Å². The van der Waals surface area contributed by atoms with E-state index >= 15 is 0 Å². The lowest BCUT2D eigenvalue weighted by Crippen LogP contribution is -2.09. The molecule has 154 valence electrons. The Balaban J connectivity index is 1.65. The van der Waals surface area contributed by atoms with Crippen molar-refractivity contribution in [2.45, 2.75) is 20.5 Å². The van der Waals surface area contributed by atoms with Crippen molar-refractivity contribution in [2.24, 2.45) is 0 Å². The first kappa shape index (κ1) is 21.5. The van der Waals surface area contributed by atoms with Crippen molar-refractivity contribution in [3.63, 3.8) is 0 Å². The van der Waals surface area contributed by atoms with Crippen LogP contribution in [0, 0.1) is 13.8 Å². The molecule has 1 N–H and O–H groups in total. The summed E-state index contributed by atoms with van der Waals surface area (Å²) < 4.78 is 11.3. The molecule has 0 atom stereocenters. The number of hydrogen-bond donors (Lipinski definition) is 1. The highest BCUT2D eigenvalue weighted by Crippen LogP contribution is 2.29. The van der Waals surface area contributed by atoms with E-state index in [1.807, 2.05) is 74.5 Å². The SMILES string of the molecule is COc1cc(C=CC(=O)Nc2cccc(C)c2C)ccc1OCc1ccc(Cl)cc1. The summed E-state index contributed by atoms with van der Waals surface area (Å²) in [7, 11) is 1.59. The normalized spacial score (nSPS) is 10.8. The molecule has 5 heteroatoms. The molecule has 0 heterocycles. The Morgan fingerprint density at radius 3 is 2.53 bits per heavy atom. The van der Waals surface area contributed by atoms with E-state index in [9.17, 15) is 4.79 Å². The number of nitrogens with one attached hydrogen (secondary N) is 1. The van der Waals surface area contributed by atoms with Crippen LogP contribution in [0.1, 0.15) is 22.3 Å². The number of rotatable bonds is 7. The molecular formula is C25H24ClNO3. The maximum atomic E-state index is 12.3. The number of amides is 1. The molecule has 0 spiro atoms. The van der Waals surface area contributed by atoms with Gasteiger partial charge in [-0.05, 0) is 72.5 Å². The van der Waals surface area contributed by atoms with Gasteiger partial charge in [0.25, 0.3) is 0 Å². The third-order valence-electron chi connectivity index (χ3n) is 4.78. The van der Waals surface area contributed by atoms with Gasteiger partial charge in [-0.15, -0.1) is 0 Å². The van der Waals surface area contributed by atoms with Gasteiger partial charge in [0.1, 0.15) is 6.61 Å². The lowest BCUT2D eigenvalue weighted by Gasteiger charge is -2.11. The maximum Gasteiger partial charge on any atom is 0.248 e. The molecule has 1 amide bonds. The molecule has 0 unspecified atom stereocenters. The monoisotopic (exact) mass is 421 g/mol. The molecular weight excluding hydrogens is 398 g/mol. The number of benzene rings is 3. The van der Waals surface area contributed by atoms with Crippen LogP contribution in [-0.4, -0.2) is 13.0 Å². The van der Waals surface area contributed by atoms with Crippen molar-refractivity contribution in [3.05, 3.63) is 94.0 Å². The molecule has 0 aliphatic carbocycles. The maximum absolute atomic E-state index is 12.3. The smallest absolute Gasteiger partial charge is 0.248 e. The van der Waals surface area contributed by atoms with Crippen LogP contribution in [0.4, 0.5) is 5.69 Å². The Kier molecular flexibility index (Phi) is 7.15. The van der Waals surface area contributed by atoms with Gasteiger partial charge in [-0.1, -0.05) is 41.9 Å². The Morgan fingerprint density at radius 1 is 1.03 bits per heavy atom. The van der Waals surface area contributed by atoms with Crippen LogP contribution in [0.15, 0.2) is 66.7 Å². The first-order chi connectivity index (χ1) is 14.5. The summed E-state index contributed by atoms with van der Waals surface area (Å²) in [6, 6.07) is 18.9. The molecule has 0 saturated heterocycles. The molecule has 3 aromatic carbocycles. The number of anilines is 1. The average Bonchev–Trinajstić information content (AvgIpc) is 2.75. The Hall–Kier alpha value is -3.24. The zero-order chi connectivity index (χ0) is 21.5. The molecule has 0 aromatic heterocycles.